The van der Waals surface area contributed by atoms with Gasteiger partial charge in [-0.2, -0.15) is 26.3 Å². The molecule has 1 N–H and O–H groups in total. The van der Waals surface area contributed by atoms with E-state index in [1.54, 1.807) is 0 Å². The summed E-state index contributed by atoms with van der Waals surface area (Å²) in [6, 6.07) is 1.56. The average Bonchev–Trinajstić information content (AvgIpc) is 3.23. The lowest BCUT2D eigenvalue weighted by atomic mass is 9.93. The number of rotatable bonds is 5. The van der Waals surface area contributed by atoms with Gasteiger partial charge in [-0.15, -0.1) is 0 Å². The zero-order chi connectivity index (χ0) is 23.5. The van der Waals surface area contributed by atoms with Crippen molar-refractivity contribution in [3.8, 4) is 0 Å². The SMILES string of the molecule is O=C(CN(C(=O)c1cc(C(F)(F)F)cc(C(F)(F)F)c1)C1CCCCC1)Nc1ccon1. The van der Waals surface area contributed by atoms with E-state index in [2.05, 4.69) is 15.0 Å². The van der Waals surface area contributed by atoms with Gasteiger partial charge in [-0.1, -0.05) is 24.4 Å². The van der Waals surface area contributed by atoms with Crippen LogP contribution in [0.15, 0.2) is 35.1 Å². The van der Waals surface area contributed by atoms with Gasteiger partial charge in [-0.3, -0.25) is 9.59 Å². The van der Waals surface area contributed by atoms with Gasteiger partial charge in [0.05, 0.1) is 11.1 Å². The number of amides is 2. The fourth-order valence-electron chi connectivity index (χ4n) is 3.62. The predicted octanol–water partition coefficient (Wildman–Crippen LogP) is 5.13. The molecular formula is C20H19F6N3O3. The van der Waals surface area contributed by atoms with E-state index < -0.39 is 53.4 Å². The number of hydrogen-bond donors (Lipinski definition) is 1. The van der Waals surface area contributed by atoms with Crippen molar-refractivity contribution < 1.29 is 40.5 Å². The Bertz CT molecular complexity index is 918. The van der Waals surface area contributed by atoms with Gasteiger partial charge in [0, 0.05) is 17.7 Å². The molecule has 6 nitrogen and oxygen atoms in total. The van der Waals surface area contributed by atoms with Gasteiger partial charge in [0.2, 0.25) is 5.91 Å². The number of anilines is 1. The summed E-state index contributed by atoms with van der Waals surface area (Å²) >= 11 is 0. The van der Waals surface area contributed by atoms with Crippen molar-refractivity contribution in [1.82, 2.24) is 10.1 Å². The molecule has 12 heteroatoms. The normalized spacial score (nSPS) is 15.4. The maximum atomic E-state index is 13.2. The number of carbonyl (C=O) groups is 2. The monoisotopic (exact) mass is 463 g/mol. The lowest BCUT2D eigenvalue weighted by molar-refractivity contribution is -0.143. The van der Waals surface area contributed by atoms with E-state index in [1.807, 2.05) is 0 Å². The van der Waals surface area contributed by atoms with E-state index in [1.165, 1.54) is 12.3 Å². The Balaban J connectivity index is 1.95. The van der Waals surface area contributed by atoms with E-state index in [0.717, 1.165) is 24.2 Å². The first-order chi connectivity index (χ1) is 14.9. The Morgan fingerprint density at radius 3 is 2.09 bits per heavy atom. The summed E-state index contributed by atoms with van der Waals surface area (Å²) in [4.78, 5) is 26.6. The summed E-state index contributed by atoms with van der Waals surface area (Å²) < 4.78 is 83.8. The van der Waals surface area contributed by atoms with Crippen LogP contribution in [0.1, 0.15) is 53.6 Å². The van der Waals surface area contributed by atoms with Gasteiger partial charge in [-0.25, -0.2) is 0 Å². The highest BCUT2D eigenvalue weighted by Crippen LogP contribution is 2.37. The highest BCUT2D eigenvalue weighted by molar-refractivity contribution is 5.99. The number of nitrogens with zero attached hydrogens (tertiary/aromatic N) is 2. The second kappa shape index (κ2) is 9.21. The Morgan fingerprint density at radius 2 is 1.59 bits per heavy atom. The molecule has 1 aliphatic carbocycles. The van der Waals surface area contributed by atoms with Crippen molar-refractivity contribution in [3.05, 3.63) is 47.2 Å². The molecule has 0 spiro atoms. The first-order valence-electron chi connectivity index (χ1n) is 9.76. The van der Waals surface area contributed by atoms with Crippen molar-refractivity contribution in [2.24, 2.45) is 0 Å². The number of hydrogen-bond acceptors (Lipinski definition) is 4. The lowest BCUT2D eigenvalue weighted by Crippen LogP contribution is -2.45. The molecule has 1 aromatic carbocycles. The van der Waals surface area contributed by atoms with Crippen LogP contribution in [0.3, 0.4) is 0 Å². The standard InChI is InChI=1S/C20H19F6N3O3/c21-19(22,23)13-8-12(9-14(10-13)20(24,25)26)18(31)29(15-4-2-1-3-5-15)11-17(30)27-16-6-7-32-28-16/h6-10,15H,1-5,11H2,(H,27,28,30). The van der Waals surface area contributed by atoms with Crippen LogP contribution in [-0.4, -0.2) is 34.5 Å². The molecule has 0 atom stereocenters. The third-order valence-electron chi connectivity index (χ3n) is 5.13. The molecule has 2 aromatic rings. The van der Waals surface area contributed by atoms with Crippen LogP contribution in [-0.2, 0) is 17.1 Å². The van der Waals surface area contributed by atoms with Crippen molar-refractivity contribution in [2.45, 2.75) is 50.5 Å². The van der Waals surface area contributed by atoms with E-state index in [0.29, 0.717) is 25.0 Å². The number of carbonyl (C=O) groups excluding carboxylic acids is 2. The minimum atomic E-state index is -5.09. The molecule has 2 amide bonds. The topological polar surface area (TPSA) is 75.4 Å². The third-order valence-corrected chi connectivity index (χ3v) is 5.13. The highest BCUT2D eigenvalue weighted by atomic mass is 19.4. The zero-order valence-electron chi connectivity index (χ0n) is 16.6. The number of alkyl halides is 6. The van der Waals surface area contributed by atoms with E-state index >= 15 is 0 Å². The summed E-state index contributed by atoms with van der Waals surface area (Å²) in [6.45, 7) is -0.562. The molecule has 0 radical (unpaired) electrons. The number of aromatic nitrogens is 1. The Morgan fingerprint density at radius 1 is 1.00 bits per heavy atom. The molecule has 0 aliphatic heterocycles. The van der Waals surface area contributed by atoms with Crippen LogP contribution in [0.25, 0.3) is 0 Å². The quantitative estimate of drug-likeness (QED) is 0.625. The number of benzene rings is 1. The van der Waals surface area contributed by atoms with Crippen molar-refractivity contribution in [2.75, 3.05) is 11.9 Å². The zero-order valence-corrected chi connectivity index (χ0v) is 16.6. The largest absolute Gasteiger partial charge is 0.416 e. The van der Waals surface area contributed by atoms with Crippen LogP contribution < -0.4 is 5.32 Å². The van der Waals surface area contributed by atoms with Crippen molar-refractivity contribution >= 4 is 17.6 Å². The summed E-state index contributed by atoms with van der Waals surface area (Å²) in [6.07, 6.45) is -5.70. The van der Waals surface area contributed by atoms with Gasteiger partial charge >= 0.3 is 12.4 Å². The van der Waals surface area contributed by atoms with Gasteiger partial charge < -0.3 is 14.7 Å². The second-order valence-electron chi connectivity index (χ2n) is 7.45. The first kappa shape index (κ1) is 23.6. The first-order valence-corrected chi connectivity index (χ1v) is 9.76. The Hall–Kier alpha value is -3.05. The molecule has 32 heavy (non-hydrogen) atoms. The van der Waals surface area contributed by atoms with E-state index in [-0.39, 0.29) is 11.9 Å². The summed E-state index contributed by atoms with van der Waals surface area (Å²) in [7, 11) is 0. The van der Waals surface area contributed by atoms with E-state index in [9.17, 15) is 35.9 Å². The van der Waals surface area contributed by atoms with Gasteiger partial charge in [-0.05, 0) is 31.0 Å². The molecule has 174 valence electrons. The summed E-state index contributed by atoms with van der Waals surface area (Å²) in [5, 5.41) is 5.87. The smallest absolute Gasteiger partial charge is 0.363 e. The van der Waals surface area contributed by atoms with Gasteiger partial charge in [0.15, 0.2) is 5.82 Å². The molecule has 0 unspecified atom stereocenters. The second-order valence-corrected chi connectivity index (χ2v) is 7.45. The van der Waals surface area contributed by atoms with Gasteiger partial charge in [0.1, 0.15) is 12.8 Å². The predicted molar refractivity (Wildman–Crippen MR) is 99.5 cm³/mol. The number of halogens is 6. The maximum Gasteiger partial charge on any atom is 0.416 e. The molecule has 0 saturated heterocycles. The van der Waals surface area contributed by atoms with Crippen molar-refractivity contribution in [3.63, 3.8) is 0 Å². The molecule has 1 fully saturated rings. The highest BCUT2D eigenvalue weighted by Gasteiger charge is 2.38. The van der Waals surface area contributed by atoms with Crippen LogP contribution in [0.2, 0.25) is 0 Å². The van der Waals surface area contributed by atoms with Crippen LogP contribution in [0.5, 0.6) is 0 Å². The third kappa shape index (κ3) is 5.80. The fraction of sp³-hybridized carbons (Fsp3) is 0.450. The number of nitrogens with one attached hydrogen (secondary N) is 1. The van der Waals surface area contributed by atoms with Crippen LogP contribution >= 0.6 is 0 Å². The fourth-order valence-corrected chi connectivity index (χ4v) is 3.62. The molecule has 0 bridgehead atoms. The lowest BCUT2D eigenvalue weighted by Gasteiger charge is -2.34. The van der Waals surface area contributed by atoms with Crippen LogP contribution in [0, 0.1) is 0 Å². The molecule has 1 saturated carbocycles. The van der Waals surface area contributed by atoms with Crippen molar-refractivity contribution in [1.29, 1.82) is 0 Å². The van der Waals surface area contributed by atoms with Crippen LogP contribution in [0.4, 0.5) is 32.2 Å². The molecule has 3 rings (SSSR count). The summed E-state index contributed by atoms with van der Waals surface area (Å²) in [5.74, 6) is -1.73. The minimum absolute atomic E-state index is 0.0426. The van der Waals surface area contributed by atoms with E-state index in [4.69, 9.17) is 0 Å². The Kier molecular flexibility index (Phi) is 6.79. The molecule has 1 aliphatic rings. The Labute approximate surface area is 178 Å². The van der Waals surface area contributed by atoms with Gasteiger partial charge in [0.25, 0.3) is 5.91 Å². The minimum Gasteiger partial charge on any atom is -0.363 e. The summed E-state index contributed by atoms with van der Waals surface area (Å²) in [5.41, 5.74) is -3.97. The molecule has 1 aromatic heterocycles. The maximum absolute atomic E-state index is 13.2. The molecule has 1 heterocycles. The average molecular weight is 463 g/mol. The molecular weight excluding hydrogens is 444 g/mol.